The summed E-state index contributed by atoms with van der Waals surface area (Å²) in [5, 5.41) is 6.57. The maximum atomic E-state index is 12.2. The van der Waals surface area contributed by atoms with Gasteiger partial charge in [0, 0.05) is 12.2 Å². The quantitative estimate of drug-likeness (QED) is 0.498. The molecule has 0 radical (unpaired) electrons. The van der Waals surface area contributed by atoms with E-state index in [9.17, 15) is 4.79 Å². The average molecular weight is 411 g/mol. The van der Waals surface area contributed by atoms with Crippen LogP contribution in [-0.2, 0) is 11.3 Å². The van der Waals surface area contributed by atoms with Crippen LogP contribution in [0.15, 0.2) is 72.8 Å². The van der Waals surface area contributed by atoms with Crippen LogP contribution in [0.5, 0.6) is 11.5 Å². The standard InChI is InChI=1S/C23H23ClN2O3/c1-2-28-22-14-17(15-25-18-8-4-3-5-9-18)12-13-21(22)29-16-23(27)26-20-11-7-6-10-19(20)24/h3-14,25H,2,15-16H2,1H3,(H,26,27). The first-order valence-corrected chi connectivity index (χ1v) is 9.75. The van der Waals surface area contributed by atoms with Gasteiger partial charge in [0.2, 0.25) is 0 Å². The molecule has 3 rings (SSSR count). The zero-order valence-corrected chi connectivity index (χ0v) is 16.9. The predicted octanol–water partition coefficient (Wildman–Crippen LogP) is 5.37. The van der Waals surface area contributed by atoms with Gasteiger partial charge in [-0.2, -0.15) is 0 Å². The number of rotatable bonds is 9. The number of carbonyl (C=O) groups excluding carboxylic acids is 1. The molecule has 0 bridgehead atoms. The molecule has 6 heteroatoms. The molecule has 150 valence electrons. The molecule has 0 heterocycles. The Hall–Kier alpha value is -3.18. The van der Waals surface area contributed by atoms with Gasteiger partial charge >= 0.3 is 0 Å². The Balaban J connectivity index is 1.60. The van der Waals surface area contributed by atoms with Gasteiger partial charge in [-0.25, -0.2) is 0 Å². The second kappa shape index (κ2) is 10.4. The fourth-order valence-electron chi connectivity index (χ4n) is 2.70. The van der Waals surface area contributed by atoms with Gasteiger partial charge in [0.25, 0.3) is 5.91 Å². The van der Waals surface area contributed by atoms with Gasteiger partial charge < -0.3 is 20.1 Å². The lowest BCUT2D eigenvalue weighted by Crippen LogP contribution is -2.20. The van der Waals surface area contributed by atoms with Gasteiger partial charge in [-0.1, -0.05) is 48.0 Å². The summed E-state index contributed by atoms with van der Waals surface area (Å²) in [6.07, 6.45) is 0. The van der Waals surface area contributed by atoms with Crippen LogP contribution >= 0.6 is 11.6 Å². The molecule has 0 aliphatic carbocycles. The number of halogens is 1. The number of hydrogen-bond donors (Lipinski definition) is 2. The Morgan fingerprint density at radius 1 is 0.931 bits per heavy atom. The van der Waals surface area contributed by atoms with Crippen LogP contribution in [0.2, 0.25) is 5.02 Å². The highest BCUT2D eigenvalue weighted by Crippen LogP contribution is 2.29. The predicted molar refractivity (Wildman–Crippen MR) is 117 cm³/mol. The number of amides is 1. The van der Waals surface area contributed by atoms with E-state index in [-0.39, 0.29) is 12.5 Å². The smallest absolute Gasteiger partial charge is 0.262 e. The lowest BCUT2D eigenvalue weighted by Gasteiger charge is -2.14. The van der Waals surface area contributed by atoms with Crippen molar-refractivity contribution >= 4 is 28.9 Å². The first kappa shape index (κ1) is 20.6. The molecule has 2 N–H and O–H groups in total. The SMILES string of the molecule is CCOc1cc(CNc2ccccc2)ccc1OCC(=O)Nc1ccccc1Cl. The van der Waals surface area contributed by atoms with Crippen LogP contribution in [-0.4, -0.2) is 19.1 Å². The Kier molecular flexibility index (Phi) is 7.36. The molecule has 0 spiro atoms. The Labute approximate surface area is 175 Å². The zero-order chi connectivity index (χ0) is 20.5. The van der Waals surface area contributed by atoms with Gasteiger partial charge in [-0.3, -0.25) is 4.79 Å². The maximum absolute atomic E-state index is 12.2. The van der Waals surface area contributed by atoms with Crippen molar-refractivity contribution in [1.29, 1.82) is 0 Å². The van der Waals surface area contributed by atoms with Crippen LogP contribution in [0.1, 0.15) is 12.5 Å². The molecule has 1 amide bonds. The molecule has 0 saturated heterocycles. The van der Waals surface area contributed by atoms with Crippen LogP contribution in [0.4, 0.5) is 11.4 Å². The van der Waals surface area contributed by atoms with Crippen LogP contribution < -0.4 is 20.1 Å². The Morgan fingerprint density at radius 3 is 2.45 bits per heavy atom. The van der Waals surface area contributed by atoms with Gasteiger partial charge in [0.15, 0.2) is 18.1 Å². The fourth-order valence-corrected chi connectivity index (χ4v) is 2.89. The van der Waals surface area contributed by atoms with E-state index >= 15 is 0 Å². The first-order valence-electron chi connectivity index (χ1n) is 9.37. The molecule has 5 nitrogen and oxygen atoms in total. The first-order chi connectivity index (χ1) is 14.2. The van der Waals surface area contributed by atoms with Gasteiger partial charge in [-0.05, 0) is 48.9 Å². The molecule has 0 aromatic heterocycles. The highest BCUT2D eigenvalue weighted by Gasteiger charge is 2.11. The molecule has 3 aromatic carbocycles. The van der Waals surface area contributed by atoms with E-state index in [1.807, 2.05) is 55.5 Å². The number of anilines is 2. The van der Waals surface area contributed by atoms with Crippen molar-refractivity contribution in [2.75, 3.05) is 23.8 Å². The average Bonchev–Trinajstić information content (AvgIpc) is 2.74. The Morgan fingerprint density at radius 2 is 1.69 bits per heavy atom. The van der Waals surface area contributed by atoms with Crippen molar-refractivity contribution in [1.82, 2.24) is 0 Å². The maximum Gasteiger partial charge on any atom is 0.262 e. The lowest BCUT2D eigenvalue weighted by molar-refractivity contribution is -0.118. The highest BCUT2D eigenvalue weighted by atomic mass is 35.5. The largest absolute Gasteiger partial charge is 0.490 e. The molecule has 29 heavy (non-hydrogen) atoms. The second-order valence-electron chi connectivity index (χ2n) is 6.25. The summed E-state index contributed by atoms with van der Waals surface area (Å²) in [6, 6.07) is 22.7. The molecule has 0 unspecified atom stereocenters. The summed E-state index contributed by atoms with van der Waals surface area (Å²) in [6.45, 7) is 2.91. The summed E-state index contributed by atoms with van der Waals surface area (Å²) < 4.78 is 11.4. The van der Waals surface area contributed by atoms with Crippen molar-refractivity contribution in [3.63, 3.8) is 0 Å². The molecule has 3 aromatic rings. The number of carbonyl (C=O) groups is 1. The topological polar surface area (TPSA) is 59.6 Å². The molecule has 0 aliphatic heterocycles. The minimum atomic E-state index is -0.296. The van der Waals surface area contributed by atoms with Gasteiger partial charge in [0.05, 0.1) is 17.3 Å². The second-order valence-corrected chi connectivity index (χ2v) is 6.66. The molecule has 0 aliphatic rings. The van der Waals surface area contributed by atoms with E-state index < -0.39 is 0 Å². The third kappa shape index (κ3) is 6.16. The monoisotopic (exact) mass is 410 g/mol. The van der Waals surface area contributed by atoms with Crippen LogP contribution in [0.3, 0.4) is 0 Å². The normalized spacial score (nSPS) is 10.3. The van der Waals surface area contributed by atoms with E-state index in [0.29, 0.717) is 35.4 Å². The van der Waals surface area contributed by atoms with Crippen molar-refractivity contribution in [2.24, 2.45) is 0 Å². The third-order valence-electron chi connectivity index (χ3n) is 4.09. The minimum absolute atomic E-state index is 0.146. The number of hydrogen-bond acceptors (Lipinski definition) is 4. The minimum Gasteiger partial charge on any atom is -0.490 e. The van der Waals surface area contributed by atoms with Gasteiger partial charge in [0.1, 0.15) is 0 Å². The van der Waals surface area contributed by atoms with Gasteiger partial charge in [-0.15, -0.1) is 0 Å². The number of ether oxygens (including phenoxy) is 2. The molecule has 0 atom stereocenters. The summed E-state index contributed by atoms with van der Waals surface area (Å²) in [4.78, 5) is 12.2. The van der Waals surface area contributed by atoms with Crippen LogP contribution in [0.25, 0.3) is 0 Å². The van der Waals surface area contributed by atoms with Crippen LogP contribution in [0, 0.1) is 0 Å². The fraction of sp³-hybridized carbons (Fsp3) is 0.174. The van der Waals surface area contributed by atoms with Crippen molar-refractivity contribution in [3.05, 3.63) is 83.4 Å². The Bertz CT molecular complexity index is 948. The molecule has 0 saturated carbocycles. The number of para-hydroxylation sites is 2. The third-order valence-corrected chi connectivity index (χ3v) is 4.41. The number of nitrogens with one attached hydrogen (secondary N) is 2. The lowest BCUT2D eigenvalue weighted by atomic mass is 10.2. The van der Waals surface area contributed by atoms with E-state index in [0.717, 1.165) is 11.3 Å². The summed E-state index contributed by atoms with van der Waals surface area (Å²) in [5.74, 6) is 0.824. The van der Waals surface area contributed by atoms with Crippen molar-refractivity contribution < 1.29 is 14.3 Å². The molecular formula is C23H23ClN2O3. The van der Waals surface area contributed by atoms with Crippen molar-refractivity contribution in [2.45, 2.75) is 13.5 Å². The summed E-state index contributed by atoms with van der Waals surface area (Å²) in [7, 11) is 0. The zero-order valence-electron chi connectivity index (χ0n) is 16.2. The summed E-state index contributed by atoms with van der Waals surface area (Å²) >= 11 is 6.06. The van der Waals surface area contributed by atoms with E-state index in [4.69, 9.17) is 21.1 Å². The summed E-state index contributed by atoms with van der Waals surface area (Å²) in [5.41, 5.74) is 2.64. The van der Waals surface area contributed by atoms with E-state index in [1.165, 1.54) is 0 Å². The van der Waals surface area contributed by atoms with E-state index in [2.05, 4.69) is 10.6 Å². The van der Waals surface area contributed by atoms with E-state index in [1.54, 1.807) is 24.3 Å². The molecular weight excluding hydrogens is 388 g/mol. The molecule has 0 fully saturated rings. The number of benzene rings is 3. The van der Waals surface area contributed by atoms with Crippen molar-refractivity contribution in [3.8, 4) is 11.5 Å². The highest BCUT2D eigenvalue weighted by molar-refractivity contribution is 6.33.